The number of carbonyl (C=O) groups excluding carboxylic acids is 2. The lowest BCUT2D eigenvalue weighted by atomic mass is 9.99. The Morgan fingerprint density at radius 2 is 1.44 bits per heavy atom. The number of benzene rings is 3. The van der Waals surface area contributed by atoms with Gasteiger partial charge in [-0.15, -0.1) is 13.2 Å². The van der Waals surface area contributed by atoms with Crippen LogP contribution in [0, 0.1) is 6.92 Å². The van der Waals surface area contributed by atoms with Crippen molar-refractivity contribution >= 4 is 36.6 Å². The van der Waals surface area contributed by atoms with Crippen molar-refractivity contribution in [3.8, 4) is 0 Å². The first kappa shape index (κ1) is 30.0. The van der Waals surface area contributed by atoms with Crippen LogP contribution >= 0.6 is 19.4 Å². The van der Waals surface area contributed by atoms with E-state index >= 15 is 0 Å². The van der Waals surface area contributed by atoms with Gasteiger partial charge in [0.25, 0.3) is 0 Å². The van der Waals surface area contributed by atoms with Crippen LogP contribution in [-0.2, 0) is 13.6 Å². The molecule has 0 amide bonds. The van der Waals surface area contributed by atoms with Crippen LogP contribution in [0.3, 0.4) is 0 Å². The van der Waals surface area contributed by atoms with Crippen LogP contribution in [0.1, 0.15) is 38.3 Å². The molecule has 1 N–H and O–H groups in total. The molecular weight excluding hydrogens is 533 g/mol. The van der Waals surface area contributed by atoms with E-state index in [1.165, 1.54) is 23.9 Å². The van der Waals surface area contributed by atoms with E-state index in [9.17, 15) is 19.4 Å². The van der Waals surface area contributed by atoms with Crippen LogP contribution in [0.15, 0.2) is 113 Å². The van der Waals surface area contributed by atoms with E-state index in [4.69, 9.17) is 9.05 Å². The smallest absolute Gasteiger partial charge is 0.331 e. The van der Waals surface area contributed by atoms with Gasteiger partial charge < -0.3 is 14.3 Å². The van der Waals surface area contributed by atoms with Crippen molar-refractivity contribution in [2.75, 3.05) is 19.4 Å². The summed E-state index contributed by atoms with van der Waals surface area (Å²) in [7, 11) is -3.54. The average molecular weight is 564 g/mol. The van der Waals surface area contributed by atoms with Gasteiger partial charge in [0.15, 0.2) is 5.78 Å². The van der Waals surface area contributed by atoms with E-state index in [1.54, 1.807) is 36.4 Å². The maximum atomic E-state index is 12.9. The molecule has 0 aromatic heterocycles. The highest BCUT2D eigenvalue weighted by Gasteiger charge is 2.27. The van der Waals surface area contributed by atoms with Gasteiger partial charge in [-0.3, -0.25) is 14.2 Å². The molecule has 202 valence electrons. The van der Waals surface area contributed by atoms with Gasteiger partial charge in [0.05, 0.1) is 19.4 Å². The fourth-order valence-corrected chi connectivity index (χ4v) is 5.89. The van der Waals surface area contributed by atoms with Crippen molar-refractivity contribution < 1.29 is 28.4 Å². The summed E-state index contributed by atoms with van der Waals surface area (Å²) in [6.45, 7) is 8.99. The Morgan fingerprint density at radius 1 is 0.897 bits per heavy atom. The average Bonchev–Trinajstić information content (AvgIpc) is 2.96. The lowest BCUT2D eigenvalue weighted by Gasteiger charge is -2.17. The molecule has 0 radical (unpaired) electrons. The molecule has 0 bridgehead atoms. The zero-order valence-electron chi connectivity index (χ0n) is 21.6. The molecule has 3 aromatic rings. The summed E-state index contributed by atoms with van der Waals surface area (Å²) in [6.07, 6.45) is 2.63. The monoisotopic (exact) mass is 563 g/mol. The molecule has 0 aliphatic heterocycles. The Hall–Kier alpha value is -3.55. The van der Waals surface area contributed by atoms with Crippen LogP contribution < -0.4 is 0 Å². The molecule has 7 nitrogen and oxygen atoms in total. The van der Waals surface area contributed by atoms with Crippen LogP contribution in [0.5, 0.6) is 0 Å². The second kappa shape index (κ2) is 14.6. The molecule has 9 heteroatoms. The van der Waals surface area contributed by atoms with Gasteiger partial charge in [-0.1, -0.05) is 53.3 Å². The molecule has 0 saturated heterocycles. The van der Waals surface area contributed by atoms with Gasteiger partial charge in [0.1, 0.15) is 5.71 Å². The van der Waals surface area contributed by atoms with Crippen molar-refractivity contribution in [2.24, 2.45) is 5.16 Å². The Morgan fingerprint density at radius 3 is 1.95 bits per heavy atom. The van der Waals surface area contributed by atoms with Gasteiger partial charge in [-0.25, -0.2) is 0 Å². The van der Waals surface area contributed by atoms with Crippen molar-refractivity contribution in [3.05, 3.63) is 120 Å². The van der Waals surface area contributed by atoms with Crippen LogP contribution in [0.4, 0.5) is 0 Å². The summed E-state index contributed by atoms with van der Waals surface area (Å²) in [4.78, 5) is 27.5. The van der Waals surface area contributed by atoms with E-state index < -0.39 is 13.4 Å². The second-order valence-corrected chi connectivity index (χ2v) is 11.8. The summed E-state index contributed by atoms with van der Waals surface area (Å²) in [5.41, 5.74) is 2.38. The largest absolute Gasteiger partial charge is 0.411 e. The molecule has 0 fully saturated rings. The predicted octanol–water partition coefficient (Wildman–Crippen LogP) is 7.38. The van der Waals surface area contributed by atoms with Crippen LogP contribution in [-0.4, -0.2) is 41.9 Å². The number of nitrogens with zero attached hydrogens (tertiary/aromatic N) is 1. The second-order valence-electron chi connectivity index (χ2n) is 8.42. The first-order valence-corrected chi connectivity index (χ1v) is 14.7. The third-order valence-corrected chi connectivity index (χ3v) is 8.51. The zero-order chi connectivity index (χ0) is 28.3. The molecule has 0 aliphatic carbocycles. The van der Waals surface area contributed by atoms with Gasteiger partial charge in [-0.2, -0.15) is 0 Å². The molecule has 0 unspecified atom stereocenters. The molecule has 0 spiro atoms. The molecular formula is C30H30NO6PS. The highest BCUT2D eigenvalue weighted by atomic mass is 32.2. The van der Waals surface area contributed by atoms with E-state index in [0.29, 0.717) is 16.7 Å². The fourth-order valence-electron chi connectivity index (χ4n) is 3.59. The third-order valence-electron chi connectivity index (χ3n) is 5.64. The molecule has 39 heavy (non-hydrogen) atoms. The quantitative estimate of drug-likeness (QED) is 0.0514. The third kappa shape index (κ3) is 8.47. The fraction of sp³-hybridized carbons (Fsp3) is 0.167. The number of aryl methyl sites for hydroxylation is 1. The predicted molar refractivity (Wildman–Crippen MR) is 155 cm³/mol. The number of hydrogen-bond donors (Lipinski definition) is 1. The maximum absolute atomic E-state index is 12.9. The lowest BCUT2D eigenvalue weighted by Crippen LogP contribution is -2.17. The molecule has 3 rings (SSSR count). The molecule has 0 atom stereocenters. The minimum absolute atomic E-state index is 0.0127. The Labute approximate surface area is 232 Å². The molecule has 0 saturated carbocycles. The highest BCUT2D eigenvalue weighted by Crippen LogP contribution is 2.48. The minimum Gasteiger partial charge on any atom is -0.411 e. The summed E-state index contributed by atoms with van der Waals surface area (Å²) >= 11 is 1.48. The van der Waals surface area contributed by atoms with Crippen molar-refractivity contribution in [3.63, 3.8) is 0 Å². The topological polar surface area (TPSA) is 102 Å². The van der Waals surface area contributed by atoms with Crippen LogP contribution in [0.25, 0.3) is 0 Å². The summed E-state index contributed by atoms with van der Waals surface area (Å²) in [5, 5.41) is 12.6. The van der Waals surface area contributed by atoms with Gasteiger partial charge in [0, 0.05) is 32.9 Å². The van der Waals surface area contributed by atoms with Crippen molar-refractivity contribution in [1.82, 2.24) is 0 Å². The van der Waals surface area contributed by atoms with E-state index in [0.717, 1.165) is 15.4 Å². The highest BCUT2D eigenvalue weighted by molar-refractivity contribution is 7.99. The van der Waals surface area contributed by atoms with Gasteiger partial charge >= 0.3 is 7.60 Å². The van der Waals surface area contributed by atoms with E-state index in [1.807, 2.05) is 43.3 Å². The summed E-state index contributed by atoms with van der Waals surface area (Å²) < 4.78 is 23.4. The zero-order valence-corrected chi connectivity index (χ0v) is 23.3. The molecule has 0 aliphatic rings. The number of Topliss-reactive ketones (excluding diaryl/α,β-unsaturated/α-hetero) is 1. The Kier molecular flexibility index (Phi) is 11.2. The van der Waals surface area contributed by atoms with Crippen molar-refractivity contribution in [2.45, 2.75) is 23.1 Å². The SMILES string of the molecule is C=CCOP(=O)(CC/C(=N/O)C(=O)c1ccc(Sc2ccc(C(=O)c3ccccc3C)cc2)cc1)OCC=C. The van der Waals surface area contributed by atoms with Gasteiger partial charge in [0.2, 0.25) is 5.78 Å². The molecule has 3 aromatic carbocycles. The maximum Gasteiger partial charge on any atom is 0.331 e. The number of ketones is 2. The number of carbonyl (C=O) groups is 2. The number of rotatable bonds is 15. The Bertz CT molecular complexity index is 1380. The van der Waals surface area contributed by atoms with E-state index in [2.05, 4.69) is 18.3 Å². The van der Waals surface area contributed by atoms with Gasteiger partial charge in [-0.05, 0) is 61.0 Å². The first-order valence-electron chi connectivity index (χ1n) is 12.1. The van der Waals surface area contributed by atoms with Crippen LogP contribution in [0.2, 0.25) is 0 Å². The number of hydrogen-bond acceptors (Lipinski definition) is 8. The van der Waals surface area contributed by atoms with E-state index in [-0.39, 0.29) is 37.3 Å². The minimum atomic E-state index is -3.54. The number of oxime groups is 1. The standard InChI is InChI=1S/C30H30NO6PS/c1-4-19-36-38(35,37-20-5-2)21-18-28(31-34)30(33)24-12-16-26(17-13-24)39-25-14-10-23(11-15-25)29(32)27-9-7-6-8-22(27)3/h4-17,34H,1-2,18-21H2,3H3/b31-28-. The first-order chi connectivity index (χ1) is 18.8. The summed E-state index contributed by atoms with van der Waals surface area (Å²) in [6, 6.07) is 21.7. The van der Waals surface area contributed by atoms with Crippen molar-refractivity contribution in [1.29, 1.82) is 0 Å². The summed E-state index contributed by atoms with van der Waals surface area (Å²) in [5.74, 6) is -0.517. The lowest BCUT2D eigenvalue weighted by molar-refractivity contribution is 0.103. The Balaban J connectivity index is 1.63. The normalized spacial score (nSPS) is 11.7. The molecule has 0 heterocycles.